The van der Waals surface area contributed by atoms with Gasteiger partial charge in [-0.1, -0.05) is 49.6 Å². The summed E-state index contributed by atoms with van der Waals surface area (Å²) >= 11 is 8.31. The van der Waals surface area contributed by atoms with E-state index in [0.29, 0.717) is 10.9 Å². The van der Waals surface area contributed by atoms with Crippen molar-refractivity contribution in [2.45, 2.75) is 51.1 Å². The number of nitrogens with two attached hydrogens (primary N) is 1. The number of fused-ring (bicyclic) bond motifs is 3. The highest BCUT2D eigenvalue weighted by atomic mass is 35.5. The van der Waals surface area contributed by atoms with E-state index in [4.69, 9.17) is 22.3 Å². The number of aromatic nitrogens is 3. The zero-order valence-corrected chi connectivity index (χ0v) is 17.3. The SMILES string of the molecule is CCc1cc2c(s1)-n1c(C3CCCC3)nnc1C(N)N=C2c1ccccc1Cl. The van der Waals surface area contributed by atoms with Crippen LogP contribution in [0.15, 0.2) is 35.3 Å². The first-order valence-corrected chi connectivity index (χ1v) is 11.0. The number of benzene rings is 1. The monoisotopic (exact) mass is 411 g/mol. The minimum absolute atomic E-state index is 0.440. The van der Waals surface area contributed by atoms with Crippen molar-refractivity contribution in [1.29, 1.82) is 0 Å². The first kappa shape index (κ1) is 18.0. The number of rotatable bonds is 3. The van der Waals surface area contributed by atoms with Gasteiger partial charge in [0.05, 0.1) is 5.71 Å². The summed E-state index contributed by atoms with van der Waals surface area (Å²) in [7, 11) is 0. The minimum atomic E-state index is -0.571. The van der Waals surface area contributed by atoms with Crippen molar-refractivity contribution in [2.75, 3.05) is 0 Å². The molecule has 0 saturated heterocycles. The molecule has 0 bridgehead atoms. The molecule has 2 N–H and O–H groups in total. The van der Waals surface area contributed by atoms with E-state index < -0.39 is 6.17 Å². The fraction of sp³-hybridized carbons (Fsp3) is 0.381. The van der Waals surface area contributed by atoms with Gasteiger partial charge in [0.25, 0.3) is 0 Å². The van der Waals surface area contributed by atoms with E-state index in [1.54, 1.807) is 11.3 Å². The molecule has 1 aromatic carbocycles. The van der Waals surface area contributed by atoms with Crippen LogP contribution >= 0.6 is 22.9 Å². The van der Waals surface area contributed by atoms with E-state index in [0.717, 1.165) is 52.8 Å². The lowest BCUT2D eigenvalue weighted by molar-refractivity contribution is 0.638. The van der Waals surface area contributed by atoms with Gasteiger partial charge in [-0.05, 0) is 31.4 Å². The van der Waals surface area contributed by atoms with Gasteiger partial charge in [0, 0.05) is 26.9 Å². The molecule has 7 heteroatoms. The summed E-state index contributed by atoms with van der Waals surface area (Å²) in [6.07, 6.45) is 5.21. The fourth-order valence-electron chi connectivity index (χ4n) is 4.23. The smallest absolute Gasteiger partial charge is 0.177 e. The van der Waals surface area contributed by atoms with Crippen LogP contribution in [-0.2, 0) is 6.42 Å². The summed E-state index contributed by atoms with van der Waals surface area (Å²) in [5.41, 5.74) is 9.31. The van der Waals surface area contributed by atoms with Crippen molar-refractivity contribution in [3.8, 4) is 5.00 Å². The molecular weight excluding hydrogens is 390 g/mol. The number of hydrogen-bond acceptors (Lipinski definition) is 5. The van der Waals surface area contributed by atoms with E-state index in [2.05, 4.69) is 27.8 Å². The molecule has 144 valence electrons. The third kappa shape index (κ3) is 2.82. The lowest BCUT2D eigenvalue weighted by Gasteiger charge is -2.13. The van der Waals surface area contributed by atoms with Crippen LogP contribution in [0.25, 0.3) is 5.00 Å². The molecule has 1 fully saturated rings. The van der Waals surface area contributed by atoms with Gasteiger partial charge in [-0.2, -0.15) is 0 Å². The van der Waals surface area contributed by atoms with Crippen LogP contribution in [0, 0.1) is 0 Å². The maximum Gasteiger partial charge on any atom is 0.177 e. The quantitative estimate of drug-likeness (QED) is 0.658. The van der Waals surface area contributed by atoms with Gasteiger partial charge in [-0.15, -0.1) is 21.5 Å². The number of hydrogen-bond donors (Lipinski definition) is 1. The first-order valence-electron chi connectivity index (χ1n) is 9.84. The fourth-order valence-corrected chi connectivity index (χ4v) is 5.57. The molecular formula is C21H22ClN5S. The summed E-state index contributed by atoms with van der Waals surface area (Å²) in [5.74, 6) is 2.19. The van der Waals surface area contributed by atoms with Crippen molar-refractivity contribution in [3.05, 3.63) is 63.0 Å². The van der Waals surface area contributed by atoms with Crippen molar-refractivity contribution >= 4 is 28.6 Å². The predicted octanol–water partition coefficient (Wildman–Crippen LogP) is 5.01. The number of nitrogens with zero attached hydrogens (tertiary/aromatic N) is 4. The average molecular weight is 412 g/mol. The predicted molar refractivity (Wildman–Crippen MR) is 114 cm³/mol. The Morgan fingerprint density at radius 3 is 2.64 bits per heavy atom. The Morgan fingerprint density at radius 2 is 1.89 bits per heavy atom. The maximum absolute atomic E-state index is 6.53. The Morgan fingerprint density at radius 1 is 1.14 bits per heavy atom. The second kappa shape index (κ2) is 7.10. The van der Waals surface area contributed by atoms with Crippen LogP contribution in [-0.4, -0.2) is 20.5 Å². The van der Waals surface area contributed by atoms with Crippen LogP contribution in [0.4, 0.5) is 0 Å². The molecule has 5 rings (SSSR count). The Labute approximate surface area is 173 Å². The van der Waals surface area contributed by atoms with Gasteiger partial charge in [-0.25, -0.2) is 0 Å². The van der Waals surface area contributed by atoms with Gasteiger partial charge >= 0.3 is 0 Å². The Hall–Kier alpha value is -2.02. The Kier molecular flexibility index (Phi) is 4.57. The highest BCUT2D eigenvalue weighted by Crippen LogP contribution is 2.40. The van der Waals surface area contributed by atoms with Crippen LogP contribution in [0.3, 0.4) is 0 Å². The van der Waals surface area contributed by atoms with Gasteiger partial charge in [0.2, 0.25) is 0 Å². The first-order chi connectivity index (χ1) is 13.7. The van der Waals surface area contributed by atoms with E-state index in [-0.39, 0.29) is 0 Å². The minimum Gasteiger partial charge on any atom is -0.303 e. The third-order valence-electron chi connectivity index (χ3n) is 5.67. The number of halogens is 1. The molecule has 2 aromatic heterocycles. The van der Waals surface area contributed by atoms with Crippen molar-refractivity contribution < 1.29 is 0 Å². The van der Waals surface area contributed by atoms with Gasteiger partial charge in [-0.3, -0.25) is 9.56 Å². The standard InChI is InChI=1S/C21H22ClN5S/c1-2-13-11-15-17(14-9-5-6-10-16(14)22)24-18(23)20-26-25-19(12-7-3-4-8-12)27(20)21(15)28-13/h5-6,9-12,18H,2-4,7-8,23H2,1H3. The molecule has 1 aliphatic carbocycles. The van der Waals surface area contributed by atoms with Crippen LogP contribution in [0.5, 0.6) is 0 Å². The third-order valence-corrected chi connectivity index (χ3v) is 7.26. The van der Waals surface area contributed by atoms with Gasteiger partial charge in [0.15, 0.2) is 12.0 Å². The van der Waals surface area contributed by atoms with Crippen molar-refractivity contribution in [2.24, 2.45) is 10.7 Å². The molecule has 5 nitrogen and oxygen atoms in total. The number of aryl methyl sites for hydroxylation is 1. The Balaban J connectivity index is 1.75. The largest absolute Gasteiger partial charge is 0.303 e. The summed E-state index contributed by atoms with van der Waals surface area (Å²) in [5, 5.41) is 10.8. The van der Waals surface area contributed by atoms with E-state index in [9.17, 15) is 0 Å². The number of thiophene rings is 1. The highest BCUT2D eigenvalue weighted by Gasteiger charge is 2.32. The molecule has 28 heavy (non-hydrogen) atoms. The lowest BCUT2D eigenvalue weighted by Crippen LogP contribution is -2.14. The molecule has 3 heterocycles. The van der Waals surface area contributed by atoms with E-state index >= 15 is 0 Å². The van der Waals surface area contributed by atoms with E-state index in [1.165, 1.54) is 17.7 Å². The van der Waals surface area contributed by atoms with Gasteiger partial charge in [0.1, 0.15) is 10.8 Å². The second-order valence-electron chi connectivity index (χ2n) is 7.42. The van der Waals surface area contributed by atoms with Crippen LogP contribution in [0.2, 0.25) is 5.02 Å². The summed E-state index contributed by atoms with van der Waals surface area (Å²) < 4.78 is 2.19. The van der Waals surface area contributed by atoms with Crippen molar-refractivity contribution in [3.63, 3.8) is 0 Å². The molecule has 2 aliphatic rings. The highest BCUT2D eigenvalue weighted by molar-refractivity contribution is 7.15. The van der Waals surface area contributed by atoms with Crippen LogP contribution in [0.1, 0.15) is 72.3 Å². The zero-order valence-electron chi connectivity index (χ0n) is 15.7. The summed E-state index contributed by atoms with van der Waals surface area (Å²) in [4.78, 5) is 6.17. The van der Waals surface area contributed by atoms with Crippen molar-refractivity contribution in [1.82, 2.24) is 14.8 Å². The molecule has 0 spiro atoms. The maximum atomic E-state index is 6.53. The zero-order chi connectivity index (χ0) is 19.3. The number of aliphatic imine (C=N–C) groups is 1. The molecule has 0 amide bonds. The molecule has 1 unspecified atom stereocenters. The molecule has 1 atom stereocenters. The van der Waals surface area contributed by atoms with E-state index in [1.807, 2.05) is 24.3 Å². The average Bonchev–Trinajstić information content (AvgIpc) is 3.43. The summed E-state index contributed by atoms with van der Waals surface area (Å²) in [6.45, 7) is 2.17. The van der Waals surface area contributed by atoms with Gasteiger partial charge < -0.3 is 5.73 Å². The molecule has 1 saturated carbocycles. The molecule has 1 aliphatic heterocycles. The Bertz CT molecular complexity index is 1060. The normalized spacial score (nSPS) is 19.2. The molecule has 3 aromatic rings. The summed E-state index contributed by atoms with van der Waals surface area (Å²) in [6, 6.07) is 10.0. The second-order valence-corrected chi connectivity index (χ2v) is 8.94. The topological polar surface area (TPSA) is 69.1 Å². The van der Waals surface area contributed by atoms with Crippen LogP contribution < -0.4 is 5.73 Å². The molecule has 0 radical (unpaired) electrons. The lowest BCUT2D eigenvalue weighted by atomic mass is 10.0.